The first-order valence-corrected chi connectivity index (χ1v) is 6.84. The van der Waals surface area contributed by atoms with Crippen LogP contribution in [0, 0.1) is 18.3 Å². The SMILES string of the molecule is Cc1c(CNc2ccc(C#N)c3ccccc23)cnn1C. The maximum atomic E-state index is 9.19. The molecule has 21 heavy (non-hydrogen) atoms. The Labute approximate surface area is 123 Å². The van der Waals surface area contributed by atoms with E-state index in [2.05, 4.69) is 23.4 Å². The van der Waals surface area contributed by atoms with Gasteiger partial charge in [0.2, 0.25) is 0 Å². The minimum Gasteiger partial charge on any atom is -0.380 e. The van der Waals surface area contributed by atoms with Crippen molar-refractivity contribution >= 4 is 16.5 Å². The van der Waals surface area contributed by atoms with E-state index in [1.165, 1.54) is 5.56 Å². The van der Waals surface area contributed by atoms with Crippen LogP contribution in [0.3, 0.4) is 0 Å². The van der Waals surface area contributed by atoms with Gasteiger partial charge in [-0.15, -0.1) is 0 Å². The number of benzene rings is 2. The van der Waals surface area contributed by atoms with Crippen LogP contribution in [0.15, 0.2) is 42.6 Å². The van der Waals surface area contributed by atoms with Crippen LogP contribution >= 0.6 is 0 Å². The number of aromatic nitrogens is 2. The van der Waals surface area contributed by atoms with Gasteiger partial charge in [-0.2, -0.15) is 10.4 Å². The molecule has 1 N–H and O–H groups in total. The summed E-state index contributed by atoms with van der Waals surface area (Å²) in [5.74, 6) is 0. The van der Waals surface area contributed by atoms with E-state index in [1.54, 1.807) is 0 Å². The number of nitrogens with zero attached hydrogens (tertiary/aromatic N) is 3. The Hall–Kier alpha value is -2.80. The average molecular weight is 276 g/mol. The summed E-state index contributed by atoms with van der Waals surface area (Å²) < 4.78 is 1.87. The largest absolute Gasteiger partial charge is 0.380 e. The van der Waals surface area contributed by atoms with Gasteiger partial charge in [0.05, 0.1) is 17.8 Å². The van der Waals surface area contributed by atoms with E-state index in [0.29, 0.717) is 5.56 Å². The van der Waals surface area contributed by atoms with Crippen molar-refractivity contribution in [2.24, 2.45) is 7.05 Å². The number of nitrogens with one attached hydrogen (secondary N) is 1. The second-order valence-corrected chi connectivity index (χ2v) is 5.05. The second-order valence-electron chi connectivity index (χ2n) is 5.05. The van der Waals surface area contributed by atoms with Gasteiger partial charge in [-0.05, 0) is 19.1 Å². The third-order valence-corrected chi connectivity index (χ3v) is 3.85. The van der Waals surface area contributed by atoms with Crippen LogP contribution in [-0.2, 0) is 13.6 Å². The number of fused-ring (bicyclic) bond motifs is 1. The van der Waals surface area contributed by atoms with Gasteiger partial charge in [0, 0.05) is 41.3 Å². The number of hydrogen-bond acceptors (Lipinski definition) is 3. The average Bonchev–Trinajstić information content (AvgIpc) is 2.84. The van der Waals surface area contributed by atoms with E-state index in [1.807, 2.05) is 54.3 Å². The molecule has 3 aromatic rings. The molecule has 0 aliphatic rings. The van der Waals surface area contributed by atoms with E-state index in [9.17, 15) is 5.26 Å². The second kappa shape index (κ2) is 5.29. The maximum Gasteiger partial charge on any atom is 0.0998 e. The zero-order valence-corrected chi connectivity index (χ0v) is 12.1. The molecule has 0 bridgehead atoms. The molecule has 0 fully saturated rings. The number of anilines is 1. The Morgan fingerprint density at radius 1 is 1.19 bits per heavy atom. The van der Waals surface area contributed by atoms with Crippen LogP contribution in [0.2, 0.25) is 0 Å². The van der Waals surface area contributed by atoms with Crippen LogP contribution in [0.4, 0.5) is 5.69 Å². The van der Waals surface area contributed by atoms with Crippen molar-refractivity contribution in [1.29, 1.82) is 5.26 Å². The third-order valence-electron chi connectivity index (χ3n) is 3.85. The van der Waals surface area contributed by atoms with E-state index >= 15 is 0 Å². The smallest absolute Gasteiger partial charge is 0.0998 e. The van der Waals surface area contributed by atoms with Crippen molar-refractivity contribution < 1.29 is 0 Å². The van der Waals surface area contributed by atoms with Crippen molar-refractivity contribution in [3.63, 3.8) is 0 Å². The number of hydrogen-bond donors (Lipinski definition) is 1. The summed E-state index contributed by atoms with van der Waals surface area (Å²) in [6.07, 6.45) is 1.88. The van der Waals surface area contributed by atoms with Gasteiger partial charge in [-0.3, -0.25) is 4.68 Å². The quantitative estimate of drug-likeness (QED) is 0.798. The number of aryl methyl sites for hydroxylation is 1. The summed E-state index contributed by atoms with van der Waals surface area (Å²) in [6.45, 7) is 2.77. The van der Waals surface area contributed by atoms with Gasteiger partial charge in [-0.1, -0.05) is 24.3 Å². The first-order chi connectivity index (χ1) is 10.2. The fraction of sp³-hybridized carbons (Fsp3) is 0.176. The third kappa shape index (κ3) is 2.34. The Bertz CT molecular complexity index is 840. The Kier molecular flexibility index (Phi) is 3.33. The molecule has 3 rings (SSSR count). The van der Waals surface area contributed by atoms with E-state index in [-0.39, 0.29) is 0 Å². The Morgan fingerprint density at radius 2 is 1.95 bits per heavy atom. The summed E-state index contributed by atoms with van der Waals surface area (Å²) in [5.41, 5.74) is 4.06. The van der Waals surface area contributed by atoms with E-state index in [4.69, 9.17) is 0 Å². The van der Waals surface area contributed by atoms with Crippen LogP contribution in [0.5, 0.6) is 0 Å². The van der Waals surface area contributed by atoms with E-state index in [0.717, 1.165) is 28.7 Å². The molecule has 104 valence electrons. The standard InChI is InChI=1S/C17H16N4/c1-12-14(11-20-21(12)2)10-19-17-8-7-13(9-18)15-5-3-4-6-16(15)17/h3-8,11,19H,10H2,1-2H3. The molecule has 1 aromatic heterocycles. The molecule has 4 nitrogen and oxygen atoms in total. The predicted molar refractivity (Wildman–Crippen MR) is 83.9 cm³/mol. The van der Waals surface area contributed by atoms with Crippen molar-refractivity contribution in [1.82, 2.24) is 9.78 Å². The molecule has 0 unspecified atom stereocenters. The summed E-state index contributed by atoms with van der Waals surface area (Å²) in [6, 6.07) is 14.0. The Balaban J connectivity index is 1.95. The molecule has 0 amide bonds. The number of rotatable bonds is 3. The normalized spacial score (nSPS) is 10.5. The zero-order valence-electron chi connectivity index (χ0n) is 12.1. The lowest BCUT2D eigenvalue weighted by molar-refractivity contribution is 0.738. The molecule has 0 aliphatic carbocycles. The minimum atomic E-state index is 0.703. The topological polar surface area (TPSA) is 53.6 Å². The highest BCUT2D eigenvalue weighted by Gasteiger charge is 2.07. The maximum absolute atomic E-state index is 9.19. The molecule has 0 spiro atoms. The van der Waals surface area contributed by atoms with Gasteiger partial charge >= 0.3 is 0 Å². The highest BCUT2D eigenvalue weighted by Crippen LogP contribution is 2.26. The van der Waals surface area contributed by atoms with Crippen LogP contribution in [0.1, 0.15) is 16.8 Å². The first kappa shape index (κ1) is 13.2. The number of nitriles is 1. The summed E-state index contributed by atoms with van der Waals surface area (Å²) in [7, 11) is 1.94. The fourth-order valence-electron chi connectivity index (χ4n) is 2.46. The van der Waals surface area contributed by atoms with Crippen molar-refractivity contribution in [2.75, 3.05) is 5.32 Å². The lowest BCUT2D eigenvalue weighted by Crippen LogP contribution is -2.02. The van der Waals surface area contributed by atoms with Crippen LogP contribution in [0.25, 0.3) is 10.8 Å². The van der Waals surface area contributed by atoms with Crippen molar-refractivity contribution in [2.45, 2.75) is 13.5 Å². The Morgan fingerprint density at radius 3 is 2.62 bits per heavy atom. The molecular weight excluding hydrogens is 260 g/mol. The molecule has 0 radical (unpaired) electrons. The van der Waals surface area contributed by atoms with Gasteiger partial charge in [0.15, 0.2) is 0 Å². The lowest BCUT2D eigenvalue weighted by Gasteiger charge is -2.10. The van der Waals surface area contributed by atoms with Gasteiger partial charge in [-0.25, -0.2) is 0 Å². The molecule has 0 aliphatic heterocycles. The van der Waals surface area contributed by atoms with E-state index < -0.39 is 0 Å². The van der Waals surface area contributed by atoms with Crippen molar-refractivity contribution in [3.8, 4) is 6.07 Å². The summed E-state index contributed by atoms with van der Waals surface area (Å²) in [4.78, 5) is 0. The van der Waals surface area contributed by atoms with Crippen molar-refractivity contribution in [3.05, 3.63) is 59.4 Å². The molecule has 0 saturated carbocycles. The monoisotopic (exact) mass is 276 g/mol. The van der Waals surface area contributed by atoms with Gasteiger partial charge in [0.25, 0.3) is 0 Å². The molecule has 2 aromatic carbocycles. The zero-order chi connectivity index (χ0) is 14.8. The highest BCUT2D eigenvalue weighted by atomic mass is 15.3. The van der Waals surface area contributed by atoms with Gasteiger partial charge in [0.1, 0.15) is 0 Å². The molecule has 0 atom stereocenters. The lowest BCUT2D eigenvalue weighted by atomic mass is 10.0. The molecule has 1 heterocycles. The minimum absolute atomic E-state index is 0.703. The van der Waals surface area contributed by atoms with Crippen LogP contribution in [-0.4, -0.2) is 9.78 Å². The first-order valence-electron chi connectivity index (χ1n) is 6.84. The predicted octanol–water partition coefficient (Wildman–Crippen LogP) is 3.37. The summed E-state index contributed by atoms with van der Waals surface area (Å²) in [5, 5.41) is 18.9. The summed E-state index contributed by atoms with van der Waals surface area (Å²) >= 11 is 0. The fourth-order valence-corrected chi connectivity index (χ4v) is 2.46. The highest BCUT2D eigenvalue weighted by molar-refractivity contribution is 5.97. The molecule has 0 saturated heterocycles. The van der Waals surface area contributed by atoms with Gasteiger partial charge < -0.3 is 5.32 Å². The molecule has 4 heteroatoms. The molecular formula is C17H16N4. The van der Waals surface area contributed by atoms with Crippen LogP contribution < -0.4 is 5.32 Å².